The minimum absolute atomic E-state index is 0.588. The van der Waals surface area contributed by atoms with Gasteiger partial charge in [0.2, 0.25) is 0 Å². The van der Waals surface area contributed by atoms with Crippen molar-refractivity contribution in [1.29, 1.82) is 0 Å². The van der Waals surface area contributed by atoms with E-state index in [1.807, 2.05) is 0 Å². The lowest BCUT2D eigenvalue weighted by atomic mass is 9.93. The lowest BCUT2D eigenvalue weighted by Crippen LogP contribution is -2.30. The summed E-state index contributed by atoms with van der Waals surface area (Å²) in [7, 11) is 2.07. The number of hydrogen-bond acceptors (Lipinski definition) is 3. The molecule has 0 spiro atoms. The lowest BCUT2D eigenvalue weighted by Gasteiger charge is -2.29. The third-order valence-corrected chi connectivity index (χ3v) is 4.74. The molecule has 1 heterocycles. The second-order valence-electron chi connectivity index (χ2n) is 6.44. The van der Waals surface area contributed by atoms with Crippen LogP contribution in [0.25, 0.3) is 0 Å². The van der Waals surface area contributed by atoms with Crippen molar-refractivity contribution in [3.8, 4) is 5.75 Å². The molecule has 0 aromatic heterocycles. The Morgan fingerprint density at radius 1 is 1.19 bits per heavy atom. The van der Waals surface area contributed by atoms with Crippen molar-refractivity contribution in [2.45, 2.75) is 44.7 Å². The first-order valence-electron chi connectivity index (χ1n) is 8.46. The monoisotopic (exact) mass is 288 g/mol. The molecule has 2 unspecified atom stereocenters. The van der Waals surface area contributed by atoms with Crippen LogP contribution >= 0.6 is 0 Å². The second-order valence-corrected chi connectivity index (χ2v) is 6.44. The van der Waals surface area contributed by atoms with Gasteiger partial charge in [-0.1, -0.05) is 19.1 Å². The number of hydrogen-bond donors (Lipinski definition) is 1. The quantitative estimate of drug-likeness (QED) is 0.834. The van der Waals surface area contributed by atoms with Crippen molar-refractivity contribution >= 4 is 0 Å². The summed E-state index contributed by atoms with van der Waals surface area (Å²) in [6.07, 6.45) is 5.15. The highest BCUT2D eigenvalue weighted by molar-refractivity contribution is 5.30. The maximum atomic E-state index is 5.71. The van der Waals surface area contributed by atoms with E-state index in [1.54, 1.807) is 0 Å². The van der Waals surface area contributed by atoms with Gasteiger partial charge in [-0.2, -0.15) is 0 Å². The number of ether oxygens (including phenoxy) is 1. The molecule has 1 N–H and O–H groups in total. The van der Waals surface area contributed by atoms with E-state index in [1.165, 1.54) is 31.4 Å². The Kier molecular flexibility index (Phi) is 4.81. The smallest absolute Gasteiger partial charge is 0.119 e. The maximum absolute atomic E-state index is 5.71. The molecule has 1 aliphatic heterocycles. The molecule has 2 fully saturated rings. The molecule has 3 nitrogen and oxygen atoms in total. The van der Waals surface area contributed by atoms with Gasteiger partial charge in [-0.25, -0.2) is 0 Å². The van der Waals surface area contributed by atoms with Crippen molar-refractivity contribution in [2.75, 3.05) is 26.7 Å². The van der Waals surface area contributed by atoms with Gasteiger partial charge in [0.05, 0.1) is 6.61 Å². The molecular formula is C18H28N2O. The van der Waals surface area contributed by atoms with Gasteiger partial charge >= 0.3 is 0 Å². The number of nitrogens with one attached hydrogen (secondary N) is 1. The zero-order valence-corrected chi connectivity index (χ0v) is 13.3. The third kappa shape index (κ3) is 3.41. The standard InChI is InChI=1S/C18H28N2O/c1-3-12-21-17-8-4-14(5-9-17)18-15(13-19-2)10-11-20(18)16-6-7-16/h4-5,8-9,15-16,18-19H,3,6-7,10-13H2,1-2H3. The Labute approximate surface area is 128 Å². The molecule has 1 saturated heterocycles. The summed E-state index contributed by atoms with van der Waals surface area (Å²) in [5.41, 5.74) is 1.46. The molecule has 3 rings (SSSR count). The summed E-state index contributed by atoms with van der Waals surface area (Å²) < 4.78 is 5.71. The highest BCUT2D eigenvalue weighted by Crippen LogP contribution is 2.44. The molecule has 1 aromatic carbocycles. The zero-order chi connectivity index (χ0) is 14.7. The Balaban J connectivity index is 1.74. The highest BCUT2D eigenvalue weighted by atomic mass is 16.5. The molecule has 116 valence electrons. The Morgan fingerprint density at radius 3 is 2.57 bits per heavy atom. The van der Waals surface area contributed by atoms with E-state index in [4.69, 9.17) is 4.74 Å². The van der Waals surface area contributed by atoms with Gasteiger partial charge in [0.15, 0.2) is 0 Å². The molecule has 1 saturated carbocycles. The SMILES string of the molecule is CCCOc1ccc(C2C(CNC)CCN2C2CC2)cc1. The van der Waals surface area contributed by atoms with Crippen LogP contribution in [0.4, 0.5) is 0 Å². The van der Waals surface area contributed by atoms with E-state index in [2.05, 4.69) is 48.5 Å². The summed E-state index contributed by atoms with van der Waals surface area (Å²) in [5, 5.41) is 3.38. The fourth-order valence-corrected chi connectivity index (χ4v) is 3.62. The van der Waals surface area contributed by atoms with Crippen molar-refractivity contribution in [3.63, 3.8) is 0 Å². The summed E-state index contributed by atoms with van der Waals surface area (Å²) in [6, 6.07) is 10.3. The van der Waals surface area contributed by atoms with E-state index >= 15 is 0 Å². The first kappa shape index (κ1) is 14.9. The number of likely N-dealkylation sites (tertiary alicyclic amines) is 1. The van der Waals surface area contributed by atoms with Gasteiger partial charge in [-0.3, -0.25) is 4.90 Å². The van der Waals surface area contributed by atoms with E-state index in [9.17, 15) is 0 Å². The van der Waals surface area contributed by atoms with Crippen LogP contribution in [0.5, 0.6) is 5.75 Å². The zero-order valence-electron chi connectivity index (χ0n) is 13.3. The second kappa shape index (κ2) is 6.80. The molecule has 1 aliphatic carbocycles. The van der Waals surface area contributed by atoms with Crippen molar-refractivity contribution < 1.29 is 4.74 Å². The van der Waals surface area contributed by atoms with Gasteiger partial charge in [0.25, 0.3) is 0 Å². The van der Waals surface area contributed by atoms with Crippen LogP contribution < -0.4 is 10.1 Å². The Hall–Kier alpha value is -1.06. The van der Waals surface area contributed by atoms with Crippen LogP contribution in [0, 0.1) is 5.92 Å². The average molecular weight is 288 g/mol. The topological polar surface area (TPSA) is 24.5 Å². The van der Waals surface area contributed by atoms with E-state index in [0.717, 1.165) is 37.3 Å². The highest BCUT2D eigenvalue weighted by Gasteiger charge is 2.42. The molecule has 0 radical (unpaired) electrons. The molecule has 2 aliphatic rings. The summed E-state index contributed by atoms with van der Waals surface area (Å²) in [4.78, 5) is 2.74. The molecule has 0 amide bonds. The largest absolute Gasteiger partial charge is 0.494 e. The molecule has 1 aromatic rings. The van der Waals surface area contributed by atoms with E-state index in [0.29, 0.717) is 6.04 Å². The van der Waals surface area contributed by atoms with Gasteiger partial charge in [-0.15, -0.1) is 0 Å². The van der Waals surface area contributed by atoms with Crippen LogP contribution in [-0.4, -0.2) is 37.7 Å². The van der Waals surface area contributed by atoms with Crippen molar-refractivity contribution in [2.24, 2.45) is 5.92 Å². The Morgan fingerprint density at radius 2 is 1.95 bits per heavy atom. The third-order valence-electron chi connectivity index (χ3n) is 4.74. The van der Waals surface area contributed by atoms with E-state index in [-0.39, 0.29) is 0 Å². The van der Waals surface area contributed by atoms with Crippen LogP contribution in [0.15, 0.2) is 24.3 Å². The van der Waals surface area contributed by atoms with Crippen molar-refractivity contribution in [1.82, 2.24) is 10.2 Å². The molecular weight excluding hydrogens is 260 g/mol. The normalized spacial score (nSPS) is 26.2. The van der Waals surface area contributed by atoms with Gasteiger partial charge in [0, 0.05) is 12.1 Å². The van der Waals surface area contributed by atoms with Gasteiger partial charge in [-0.05, 0) is 69.4 Å². The van der Waals surface area contributed by atoms with Crippen LogP contribution in [0.2, 0.25) is 0 Å². The van der Waals surface area contributed by atoms with Gasteiger partial charge < -0.3 is 10.1 Å². The van der Waals surface area contributed by atoms with Gasteiger partial charge in [0.1, 0.15) is 5.75 Å². The minimum atomic E-state index is 0.588. The summed E-state index contributed by atoms with van der Waals surface area (Å²) >= 11 is 0. The minimum Gasteiger partial charge on any atom is -0.494 e. The van der Waals surface area contributed by atoms with E-state index < -0.39 is 0 Å². The Bertz CT molecular complexity index is 441. The summed E-state index contributed by atoms with van der Waals surface area (Å²) in [6.45, 7) is 5.32. The first-order valence-corrected chi connectivity index (χ1v) is 8.46. The maximum Gasteiger partial charge on any atom is 0.119 e. The first-order chi connectivity index (χ1) is 10.3. The van der Waals surface area contributed by atoms with Crippen LogP contribution in [-0.2, 0) is 0 Å². The number of nitrogens with zero attached hydrogens (tertiary/aromatic N) is 1. The molecule has 3 heteroatoms. The average Bonchev–Trinajstić information content (AvgIpc) is 3.27. The fourth-order valence-electron chi connectivity index (χ4n) is 3.62. The predicted octanol–water partition coefficient (Wildman–Crippen LogP) is 3.22. The molecule has 2 atom stereocenters. The lowest BCUT2D eigenvalue weighted by molar-refractivity contribution is 0.217. The predicted molar refractivity (Wildman–Crippen MR) is 86.7 cm³/mol. The molecule has 21 heavy (non-hydrogen) atoms. The number of benzene rings is 1. The summed E-state index contributed by atoms with van der Waals surface area (Å²) in [5.74, 6) is 1.74. The van der Waals surface area contributed by atoms with Crippen LogP contribution in [0.3, 0.4) is 0 Å². The molecule has 0 bridgehead atoms. The van der Waals surface area contributed by atoms with Crippen molar-refractivity contribution in [3.05, 3.63) is 29.8 Å². The number of rotatable bonds is 7. The fraction of sp³-hybridized carbons (Fsp3) is 0.667. The van der Waals surface area contributed by atoms with Crippen LogP contribution in [0.1, 0.15) is 44.2 Å².